The van der Waals surface area contributed by atoms with Gasteiger partial charge < -0.3 is 4.90 Å². The average Bonchev–Trinajstić information content (AvgIpc) is 2.32. The molecule has 0 atom stereocenters. The van der Waals surface area contributed by atoms with Crippen LogP contribution in [-0.4, -0.2) is 34.9 Å². The molecule has 0 saturated carbocycles. The Bertz CT molecular complexity index is 351. The molecule has 5 heteroatoms. The first-order valence-corrected chi connectivity index (χ1v) is 6.29. The van der Waals surface area contributed by atoms with Gasteiger partial charge in [0.1, 0.15) is 0 Å². The normalized spacial score (nSPS) is 11.6. The van der Waals surface area contributed by atoms with Crippen LogP contribution >= 0.6 is 11.8 Å². The van der Waals surface area contributed by atoms with Crippen molar-refractivity contribution in [2.45, 2.75) is 13.5 Å². The fourth-order valence-corrected chi connectivity index (χ4v) is 2.03. The minimum atomic E-state index is -0.443. The third-order valence-corrected chi connectivity index (χ3v) is 2.99. The molecule has 0 bridgehead atoms. The summed E-state index contributed by atoms with van der Waals surface area (Å²) in [5, 5.41) is 0.979. The summed E-state index contributed by atoms with van der Waals surface area (Å²) in [5.74, 6) is -0.443. The van der Waals surface area contributed by atoms with E-state index in [0.717, 1.165) is 17.3 Å². The van der Waals surface area contributed by atoms with E-state index in [2.05, 4.69) is 21.8 Å². The second kappa shape index (κ2) is 6.48. The summed E-state index contributed by atoms with van der Waals surface area (Å²) in [4.78, 5) is 9.96. The Morgan fingerprint density at radius 2 is 2.31 bits per heavy atom. The zero-order chi connectivity index (χ0) is 12.0. The first-order chi connectivity index (χ1) is 7.71. The molecule has 1 heterocycles. The van der Waals surface area contributed by atoms with Crippen molar-refractivity contribution in [1.29, 1.82) is 0 Å². The van der Waals surface area contributed by atoms with Gasteiger partial charge >= 0.3 is 0 Å². The van der Waals surface area contributed by atoms with Crippen molar-refractivity contribution in [3.8, 4) is 0 Å². The molecular weight excluding hydrogens is 225 g/mol. The van der Waals surface area contributed by atoms with Gasteiger partial charge in [0.2, 0.25) is 5.95 Å². The third-order valence-electron chi connectivity index (χ3n) is 2.19. The topological polar surface area (TPSA) is 28.5 Å². The van der Waals surface area contributed by atoms with Crippen molar-refractivity contribution < 1.29 is 4.39 Å². The average molecular weight is 241 g/mol. The largest absolute Gasteiger partial charge is 0.347 e. The van der Waals surface area contributed by atoms with Crippen molar-refractivity contribution in [1.82, 2.24) is 9.88 Å². The number of aliphatic imine (C=N–C) groups is 1. The molecule has 1 rings (SSSR count). The van der Waals surface area contributed by atoms with Gasteiger partial charge in [0.25, 0.3) is 0 Å². The molecule has 0 aliphatic rings. The zero-order valence-electron chi connectivity index (χ0n) is 9.77. The Morgan fingerprint density at radius 3 is 2.75 bits per heavy atom. The van der Waals surface area contributed by atoms with E-state index in [9.17, 15) is 4.39 Å². The molecule has 16 heavy (non-hydrogen) atoms. The zero-order valence-corrected chi connectivity index (χ0v) is 10.6. The smallest absolute Gasteiger partial charge is 0.212 e. The maximum absolute atomic E-state index is 12.6. The number of hydrogen-bond donors (Lipinski definition) is 0. The van der Waals surface area contributed by atoms with E-state index in [1.54, 1.807) is 31.1 Å². The maximum Gasteiger partial charge on any atom is 0.212 e. The molecule has 0 amide bonds. The molecule has 0 aliphatic carbocycles. The van der Waals surface area contributed by atoms with E-state index < -0.39 is 5.95 Å². The lowest BCUT2D eigenvalue weighted by atomic mass is 10.3. The summed E-state index contributed by atoms with van der Waals surface area (Å²) >= 11 is 1.61. The highest BCUT2D eigenvalue weighted by Gasteiger charge is 2.08. The van der Waals surface area contributed by atoms with Gasteiger partial charge in [0.05, 0.1) is 0 Å². The highest BCUT2D eigenvalue weighted by atomic mass is 32.2. The molecule has 0 radical (unpaired) electrons. The Morgan fingerprint density at radius 1 is 1.56 bits per heavy atom. The number of pyridine rings is 1. The molecular formula is C11H16FN3S. The number of amidine groups is 1. The first-order valence-electron chi connectivity index (χ1n) is 5.07. The van der Waals surface area contributed by atoms with Gasteiger partial charge in [0, 0.05) is 26.3 Å². The molecule has 0 aliphatic heterocycles. The van der Waals surface area contributed by atoms with Crippen LogP contribution in [0.3, 0.4) is 0 Å². The number of thioether (sulfide) groups is 1. The second-order valence-electron chi connectivity index (χ2n) is 3.21. The summed E-state index contributed by atoms with van der Waals surface area (Å²) in [6.45, 7) is 3.64. The minimum absolute atomic E-state index is 0.443. The van der Waals surface area contributed by atoms with Crippen LogP contribution < -0.4 is 0 Å². The van der Waals surface area contributed by atoms with Crippen molar-refractivity contribution in [3.05, 3.63) is 29.8 Å². The number of hydrogen-bond acceptors (Lipinski definition) is 3. The van der Waals surface area contributed by atoms with Crippen molar-refractivity contribution in [2.24, 2.45) is 4.99 Å². The van der Waals surface area contributed by atoms with E-state index in [-0.39, 0.29) is 0 Å². The van der Waals surface area contributed by atoms with Gasteiger partial charge in [-0.05, 0) is 24.8 Å². The van der Waals surface area contributed by atoms with Crippen LogP contribution in [0.2, 0.25) is 0 Å². The van der Waals surface area contributed by atoms with E-state index in [1.807, 2.05) is 6.26 Å². The summed E-state index contributed by atoms with van der Waals surface area (Å²) in [5.41, 5.74) is 0.985. The lowest BCUT2D eigenvalue weighted by Crippen LogP contribution is -2.28. The van der Waals surface area contributed by atoms with E-state index >= 15 is 0 Å². The molecule has 88 valence electrons. The molecule has 1 aromatic rings. The number of halogens is 1. The van der Waals surface area contributed by atoms with Gasteiger partial charge in [-0.15, -0.1) is 0 Å². The van der Waals surface area contributed by atoms with Crippen LogP contribution in [0.25, 0.3) is 0 Å². The number of nitrogens with zero attached hydrogens (tertiary/aromatic N) is 3. The predicted octanol–water partition coefficient (Wildman–Crippen LogP) is 2.39. The molecule has 0 spiro atoms. The van der Waals surface area contributed by atoms with Crippen LogP contribution in [0.4, 0.5) is 4.39 Å². The van der Waals surface area contributed by atoms with Crippen LogP contribution in [0.15, 0.2) is 23.3 Å². The molecule has 1 aromatic heterocycles. The highest BCUT2D eigenvalue weighted by Crippen LogP contribution is 2.10. The minimum Gasteiger partial charge on any atom is -0.347 e. The van der Waals surface area contributed by atoms with E-state index in [4.69, 9.17) is 0 Å². The maximum atomic E-state index is 12.6. The second-order valence-corrected chi connectivity index (χ2v) is 3.99. The lowest BCUT2D eigenvalue weighted by molar-refractivity contribution is 0.441. The molecule has 0 fully saturated rings. The van der Waals surface area contributed by atoms with Crippen LogP contribution in [0.5, 0.6) is 0 Å². The molecule has 0 saturated heterocycles. The van der Waals surface area contributed by atoms with Gasteiger partial charge in [-0.1, -0.05) is 17.8 Å². The third kappa shape index (κ3) is 3.48. The predicted molar refractivity (Wildman–Crippen MR) is 67.2 cm³/mol. The van der Waals surface area contributed by atoms with Crippen LogP contribution in [0, 0.1) is 5.95 Å². The fourth-order valence-electron chi connectivity index (χ4n) is 1.40. The van der Waals surface area contributed by atoms with Gasteiger partial charge in [-0.3, -0.25) is 4.99 Å². The molecule has 0 N–H and O–H groups in total. The van der Waals surface area contributed by atoms with Crippen molar-refractivity contribution in [2.75, 3.05) is 19.8 Å². The Labute approximate surface area is 99.8 Å². The summed E-state index contributed by atoms with van der Waals surface area (Å²) in [6.07, 6.45) is 3.56. The van der Waals surface area contributed by atoms with Gasteiger partial charge in [-0.25, -0.2) is 4.98 Å². The monoisotopic (exact) mass is 241 g/mol. The molecule has 0 unspecified atom stereocenters. The van der Waals surface area contributed by atoms with Crippen LogP contribution in [-0.2, 0) is 6.54 Å². The summed E-state index contributed by atoms with van der Waals surface area (Å²) in [6, 6.07) is 3.13. The SMILES string of the molecule is CCN(Cc1ccc(F)nc1)C(=NC)SC. The van der Waals surface area contributed by atoms with Gasteiger partial charge in [-0.2, -0.15) is 4.39 Å². The number of aromatic nitrogens is 1. The quantitative estimate of drug-likeness (QED) is 0.462. The summed E-state index contributed by atoms with van der Waals surface area (Å²) < 4.78 is 12.6. The Balaban J connectivity index is 2.73. The molecule has 0 aromatic carbocycles. The lowest BCUT2D eigenvalue weighted by Gasteiger charge is -2.22. The highest BCUT2D eigenvalue weighted by molar-refractivity contribution is 8.13. The Hall–Kier alpha value is -1.10. The van der Waals surface area contributed by atoms with E-state index in [0.29, 0.717) is 6.54 Å². The first kappa shape index (κ1) is 13.0. The molecule has 3 nitrogen and oxygen atoms in total. The number of rotatable bonds is 3. The Kier molecular flexibility index (Phi) is 5.25. The standard InChI is InChI=1S/C11H16FN3S/c1-4-15(11(13-2)16-3)8-9-5-6-10(12)14-7-9/h5-7H,4,8H2,1-3H3. The van der Waals surface area contributed by atoms with E-state index in [1.165, 1.54) is 6.07 Å². The van der Waals surface area contributed by atoms with Crippen molar-refractivity contribution in [3.63, 3.8) is 0 Å². The summed E-state index contributed by atoms with van der Waals surface area (Å²) in [7, 11) is 1.78. The van der Waals surface area contributed by atoms with Gasteiger partial charge in [0.15, 0.2) is 5.17 Å². The fraction of sp³-hybridized carbons (Fsp3) is 0.455. The van der Waals surface area contributed by atoms with Crippen molar-refractivity contribution >= 4 is 16.9 Å². The van der Waals surface area contributed by atoms with Crippen LogP contribution in [0.1, 0.15) is 12.5 Å².